The van der Waals surface area contributed by atoms with Gasteiger partial charge in [-0.25, -0.2) is 4.79 Å². The van der Waals surface area contributed by atoms with Crippen LogP contribution in [0, 0.1) is 6.92 Å². The fourth-order valence-electron chi connectivity index (χ4n) is 1.79. The maximum absolute atomic E-state index is 11.7. The molecule has 0 heterocycles. The molecule has 2 aromatic rings. The molecule has 6 heteroatoms. The second-order valence-corrected chi connectivity index (χ2v) is 5.69. The van der Waals surface area contributed by atoms with Crippen LogP contribution in [-0.4, -0.2) is 13.1 Å². The minimum Gasteiger partial charge on any atom is -0.465 e. The molecule has 0 unspecified atom stereocenters. The van der Waals surface area contributed by atoms with Crippen molar-refractivity contribution in [1.82, 2.24) is 0 Å². The van der Waals surface area contributed by atoms with Crippen molar-refractivity contribution in [2.75, 3.05) is 12.8 Å². The fraction of sp³-hybridized carbons (Fsp3) is 0.133. The van der Waals surface area contributed by atoms with Gasteiger partial charge in [0.05, 0.1) is 17.7 Å². The Morgan fingerprint density at radius 2 is 2.00 bits per heavy atom. The number of nitrogens with two attached hydrogens (primary N) is 1. The molecule has 0 radical (unpaired) electrons. The van der Waals surface area contributed by atoms with Crippen molar-refractivity contribution in [3.63, 3.8) is 0 Å². The molecule has 0 saturated heterocycles. The van der Waals surface area contributed by atoms with Gasteiger partial charge in [-0.3, -0.25) is 0 Å². The van der Waals surface area contributed by atoms with E-state index in [-0.39, 0.29) is 5.56 Å². The summed E-state index contributed by atoms with van der Waals surface area (Å²) in [5, 5.41) is 0.457. The third kappa shape index (κ3) is 3.49. The van der Waals surface area contributed by atoms with E-state index in [2.05, 4.69) is 15.9 Å². The highest BCUT2D eigenvalue weighted by Crippen LogP contribution is 2.34. The van der Waals surface area contributed by atoms with Crippen molar-refractivity contribution in [1.29, 1.82) is 0 Å². The van der Waals surface area contributed by atoms with E-state index < -0.39 is 5.97 Å². The first kappa shape index (κ1) is 15.7. The van der Waals surface area contributed by atoms with Crippen molar-refractivity contribution >= 4 is 39.2 Å². The molecule has 0 amide bonds. The Labute approximate surface area is 135 Å². The number of carbonyl (C=O) groups is 1. The van der Waals surface area contributed by atoms with Gasteiger partial charge in [0.1, 0.15) is 11.5 Å². The lowest BCUT2D eigenvalue weighted by Gasteiger charge is -2.12. The molecule has 0 aromatic heterocycles. The lowest BCUT2D eigenvalue weighted by Crippen LogP contribution is -2.07. The van der Waals surface area contributed by atoms with E-state index in [1.807, 2.05) is 6.07 Å². The highest BCUT2D eigenvalue weighted by molar-refractivity contribution is 9.10. The molecule has 0 bridgehead atoms. The summed E-state index contributed by atoms with van der Waals surface area (Å²) in [6.07, 6.45) is 0. The average molecular weight is 371 g/mol. The first-order valence-electron chi connectivity index (χ1n) is 6.03. The van der Waals surface area contributed by atoms with Crippen molar-refractivity contribution < 1.29 is 14.3 Å². The molecule has 0 spiro atoms. The molecule has 4 nitrogen and oxygen atoms in total. The molecule has 2 rings (SSSR count). The number of halogens is 2. The van der Waals surface area contributed by atoms with Crippen LogP contribution in [0.5, 0.6) is 11.5 Å². The summed E-state index contributed by atoms with van der Waals surface area (Å²) in [7, 11) is 1.30. The van der Waals surface area contributed by atoms with Crippen molar-refractivity contribution in [2.45, 2.75) is 6.92 Å². The number of esters is 1. The lowest BCUT2D eigenvalue weighted by atomic mass is 10.1. The van der Waals surface area contributed by atoms with E-state index in [0.29, 0.717) is 22.2 Å². The maximum atomic E-state index is 11.7. The molecule has 0 aliphatic rings. The molecule has 0 aliphatic heterocycles. The molecule has 0 saturated carbocycles. The minimum absolute atomic E-state index is 0.265. The van der Waals surface area contributed by atoms with E-state index in [0.717, 1.165) is 10.0 Å². The molecule has 2 N–H and O–H groups in total. The van der Waals surface area contributed by atoms with Crippen molar-refractivity contribution in [3.8, 4) is 11.5 Å². The number of carbonyl (C=O) groups excluding carboxylic acids is 1. The first-order valence-corrected chi connectivity index (χ1v) is 7.21. The first-order chi connectivity index (χ1) is 9.92. The van der Waals surface area contributed by atoms with Gasteiger partial charge in [-0.1, -0.05) is 27.5 Å². The van der Waals surface area contributed by atoms with Crippen molar-refractivity contribution in [3.05, 3.63) is 51.0 Å². The summed E-state index contributed by atoms with van der Waals surface area (Å²) in [6, 6.07) is 8.54. The quantitative estimate of drug-likeness (QED) is 0.635. The Bertz CT molecular complexity index is 704. The summed E-state index contributed by atoms with van der Waals surface area (Å²) in [5.74, 6) is 0.439. The topological polar surface area (TPSA) is 61.5 Å². The van der Waals surface area contributed by atoms with Crippen LogP contribution in [0.25, 0.3) is 0 Å². The smallest absolute Gasteiger partial charge is 0.340 e. The second kappa shape index (κ2) is 6.37. The van der Waals surface area contributed by atoms with Gasteiger partial charge < -0.3 is 15.2 Å². The summed E-state index contributed by atoms with van der Waals surface area (Å²) < 4.78 is 11.3. The third-order valence-electron chi connectivity index (χ3n) is 2.89. The predicted octanol–water partition coefficient (Wildman–Crippen LogP) is 4.57. The molecule has 0 aliphatic carbocycles. The van der Waals surface area contributed by atoms with Gasteiger partial charge in [-0.05, 0) is 42.8 Å². The Hall–Kier alpha value is -1.72. The number of benzene rings is 2. The lowest BCUT2D eigenvalue weighted by molar-refractivity contribution is 0.0601. The summed E-state index contributed by atoms with van der Waals surface area (Å²) >= 11 is 9.43. The minimum atomic E-state index is -0.511. The Morgan fingerprint density at radius 1 is 1.29 bits per heavy atom. The number of ether oxygens (including phenoxy) is 2. The van der Waals surface area contributed by atoms with Gasteiger partial charge in [0.2, 0.25) is 0 Å². The van der Waals surface area contributed by atoms with Crippen LogP contribution in [0.15, 0.2) is 34.8 Å². The van der Waals surface area contributed by atoms with Crippen molar-refractivity contribution in [2.24, 2.45) is 0 Å². The fourth-order valence-corrected chi connectivity index (χ4v) is 2.50. The van der Waals surface area contributed by atoms with Gasteiger partial charge in [-0.15, -0.1) is 0 Å². The number of nitrogen functional groups attached to an aromatic ring is 1. The van der Waals surface area contributed by atoms with Gasteiger partial charge in [0.15, 0.2) is 0 Å². The molecule has 21 heavy (non-hydrogen) atoms. The van der Waals surface area contributed by atoms with E-state index >= 15 is 0 Å². The number of methoxy groups -OCH3 is 1. The molecular weight excluding hydrogens is 358 g/mol. The summed E-state index contributed by atoms with van der Waals surface area (Å²) in [6.45, 7) is 1.79. The molecule has 2 aromatic carbocycles. The zero-order valence-electron chi connectivity index (χ0n) is 11.4. The summed E-state index contributed by atoms with van der Waals surface area (Å²) in [5.41, 5.74) is 7.24. The van der Waals surface area contributed by atoms with E-state index in [1.54, 1.807) is 25.1 Å². The third-order valence-corrected chi connectivity index (χ3v) is 3.68. The highest BCUT2D eigenvalue weighted by Gasteiger charge is 2.15. The maximum Gasteiger partial charge on any atom is 0.340 e. The number of anilines is 1. The SMILES string of the molecule is COC(=O)c1cc(Oc2ccc(Br)cc2Cl)cc(C)c1N. The zero-order valence-corrected chi connectivity index (χ0v) is 13.8. The van der Waals surface area contributed by atoms with Crippen LogP contribution in [0.3, 0.4) is 0 Å². The van der Waals surface area contributed by atoms with E-state index in [4.69, 9.17) is 26.8 Å². The van der Waals surface area contributed by atoms with Gasteiger partial charge in [0, 0.05) is 10.2 Å². The Kier molecular flexibility index (Phi) is 4.75. The number of aryl methyl sites for hydroxylation is 1. The molecule has 110 valence electrons. The van der Waals surface area contributed by atoms with Crippen LogP contribution < -0.4 is 10.5 Å². The number of hydrogen-bond acceptors (Lipinski definition) is 4. The van der Waals surface area contributed by atoms with Crippen LogP contribution in [0.4, 0.5) is 5.69 Å². The standard InChI is InChI=1S/C15H13BrClNO3/c1-8-5-10(7-11(14(8)18)15(19)20-2)21-13-4-3-9(16)6-12(13)17/h3-7H,18H2,1-2H3. The van der Waals surface area contributed by atoms with Gasteiger partial charge >= 0.3 is 5.97 Å². The predicted molar refractivity (Wildman–Crippen MR) is 86.2 cm³/mol. The van der Waals surface area contributed by atoms with E-state index in [1.165, 1.54) is 13.2 Å². The highest BCUT2D eigenvalue weighted by atomic mass is 79.9. The second-order valence-electron chi connectivity index (χ2n) is 4.37. The van der Waals surface area contributed by atoms with Gasteiger partial charge in [-0.2, -0.15) is 0 Å². The van der Waals surface area contributed by atoms with Gasteiger partial charge in [0.25, 0.3) is 0 Å². The van der Waals surface area contributed by atoms with Crippen LogP contribution in [0.1, 0.15) is 15.9 Å². The Morgan fingerprint density at radius 3 is 2.62 bits per heavy atom. The average Bonchev–Trinajstić information content (AvgIpc) is 2.44. The number of hydrogen-bond donors (Lipinski definition) is 1. The zero-order chi connectivity index (χ0) is 15.6. The largest absolute Gasteiger partial charge is 0.465 e. The van der Waals surface area contributed by atoms with Crippen LogP contribution in [-0.2, 0) is 4.74 Å². The van der Waals surface area contributed by atoms with Crippen LogP contribution in [0.2, 0.25) is 5.02 Å². The molecule has 0 fully saturated rings. The molecule has 0 atom stereocenters. The number of rotatable bonds is 3. The summed E-state index contributed by atoms with van der Waals surface area (Å²) in [4.78, 5) is 11.7. The van der Waals surface area contributed by atoms with Crippen LogP contribution >= 0.6 is 27.5 Å². The normalized spacial score (nSPS) is 10.3. The van der Waals surface area contributed by atoms with E-state index in [9.17, 15) is 4.79 Å². The molecular formula is C15H13BrClNO3. The Balaban J connectivity index is 2.40. The monoisotopic (exact) mass is 369 g/mol.